The van der Waals surface area contributed by atoms with E-state index in [9.17, 15) is 4.79 Å². The van der Waals surface area contributed by atoms with Crippen LogP contribution in [-0.2, 0) is 16.8 Å². The molecule has 0 heterocycles. The smallest absolute Gasteiger partial charge is 0.129 e. The normalized spacial score (nSPS) is 11.9. The predicted octanol–water partition coefficient (Wildman–Crippen LogP) is 3.79. The van der Waals surface area contributed by atoms with Crippen LogP contribution < -0.4 is 0 Å². The van der Waals surface area contributed by atoms with Crippen LogP contribution in [0.2, 0.25) is 0 Å². The molecule has 1 rings (SSSR count). The largest absolute Gasteiger partial charge is 0.302 e. The Kier molecular flexibility index (Phi) is 5.74. The van der Waals surface area contributed by atoms with Gasteiger partial charge in [-0.15, -0.1) is 0 Å². The van der Waals surface area contributed by atoms with Crippen LogP contribution in [0.3, 0.4) is 0 Å². The highest BCUT2D eigenvalue weighted by Gasteiger charge is 2.12. The summed E-state index contributed by atoms with van der Waals surface area (Å²) in [5, 5.41) is 0. The van der Waals surface area contributed by atoms with Crippen molar-refractivity contribution in [3.8, 4) is 0 Å². The number of hydrogen-bond acceptors (Lipinski definition) is 2. The van der Waals surface area contributed by atoms with E-state index in [1.54, 1.807) is 6.92 Å². The van der Waals surface area contributed by atoms with Gasteiger partial charge in [-0.05, 0) is 43.5 Å². The van der Waals surface area contributed by atoms with Gasteiger partial charge in [-0.2, -0.15) is 0 Å². The summed E-state index contributed by atoms with van der Waals surface area (Å²) in [5.41, 5.74) is 2.92. The zero-order valence-electron chi connectivity index (χ0n) is 13.0. The Morgan fingerprint density at radius 3 is 2.21 bits per heavy atom. The van der Waals surface area contributed by atoms with Gasteiger partial charge >= 0.3 is 0 Å². The number of rotatable bonds is 6. The molecule has 0 aliphatic carbocycles. The molecule has 0 fully saturated rings. The average molecular weight is 261 g/mol. The van der Waals surface area contributed by atoms with Crippen molar-refractivity contribution in [2.24, 2.45) is 0 Å². The van der Waals surface area contributed by atoms with Crippen molar-refractivity contribution in [2.75, 3.05) is 13.6 Å². The molecular formula is C17H27NO. The first-order valence-corrected chi connectivity index (χ1v) is 7.06. The molecule has 0 aliphatic heterocycles. The molecule has 106 valence electrons. The second-order valence-electron chi connectivity index (χ2n) is 6.49. The van der Waals surface area contributed by atoms with E-state index in [1.165, 1.54) is 11.1 Å². The maximum Gasteiger partial charge on any atom is 0.129 e. The molecule has 1 aromatic carbocycles. The van der Waals surface area contributed by atoms with E-state index in [-0.39, 0.29) is 11.2 Å². The number of carbonyl (C=O) groups is 1. The van der Waals surface area contributed by atoms with Gasteiger partial charge in [0.1, 0.15) is 5.78 Å². The van der Waals surface area contributed by atoms with Crippen LogP contribution in [0.15, 0.2) is 24.3 Å². The lowest BCUT2D eigenvalue weighted by Crippen LogP contribution is -2.19. The van der Waals surface area contributed by atoms with Crippen molar-refractivity contribution in [3.05, 3.63) is 35.4 Å². The van der Waals surface area contributed by atoms with Crippen LogP contribution in [0.1, 0.15) is 51.7 Å². The topological polar surface area (TPSA) is 20.3 Å². The van der Waals surface area contributed by atoms with Crippen molar-refractivity contribution < 1.29 is 4.79 Å². The second kappa shape index (κ2) is 6.85. The fraction of sp³-hybridized carbons (Fsp3) is 0.588. The Balaban J connectivity index is 2.47. The molecule has 1 aromatic rings. The molecule has 0 saturated carbocycles. The first-order valence-electron chi connectivity index (χ1n) is 7.06. The third-order valence-electron chi connectivity index (χ3n) is 3.34. The Labute approximate surface area is 117 Å². The lowest BCUT2D eigenvalue weighted by Gasteiger charge is -2.20. The van der Waals surface area contributed by atoms with Crippen molar-refractivity contribution in [1.29, 1.82) is 0 Å². The molecule has 19 heavy (non-hydrogen) atoms. The van der Waals surface area contributed by atoms with Gasteiger partial charge in [0.25, 0.3) is 0 Å². The van der Waals surface area contributed by atoms with Gasteiger partial charge in [0, 0.05) is 13.0 Å². The lowest BCUT2D eigenvalue weighted by atomic mass is 9.87. The molecule has 0 spiro atoms. The minimum atomic E-state index is 0.214. The molecule has 0 aromatic heterocycles. The van der Waals surface area contributed by atoms with E-state index in [0.717, 1.165) is 19.5 Å². The minimum Gasteiger partial charge on any atom is -0.302 e. The maximum absolute atomic E-state index is 10.9. The number of nitrogens with zero attached hydrogens (tertiary/aromatic N) is 1. The molecule has 0 N–H and O–H groups in total. The molecular weight excluding hydrogens is 234 g/mol. The van der Waals surface area contributed by atoms with E-state index < -0.39 is 0 Å². The average Bonchev–Trinajstić information content (AvgIpc) is 2.27. The van der Waals surface area contributed by atoms with Crippen molar-refractivity contribution in [2.45, 2.75) is 52.5 Å². The van der Waals surface area contributed by atoms with E-state index >= 15 is 0 Å². The molecule has 0 amide bonds. The number of carbonyl (C=O) groups excluding carboxylic acids is 1. The van der Waals surface area contributed by atoms with Crippen molar-refractivity contribution in [3.63, 3.8) is 0 Å². The first kappa shape index (κ1) is 15.9. The Hall–Kier alpha value is -1.15. The van der Waals surface area contributed by atoms with Crippen molar-refractivity contribution >= 4 is 5.78 Å². The Bertz CT molecular complexity index is 400. The number of hydrogen-bond donors (Lipinski definition) is 0. The molecule has 2 heteroatoms. The van der Waals surface area contributed by atoms with Gasteiger partial charge in [0.05, 0.1) is 0 Å². The van der Waals surface area contributed by atoms with Crippen LogP contribution in [0, 0.1) is 0 Å². The summed E-state index contributed by atoms with van der Waals surface area (Å²) >= 11 is 0. The van der Waals surface area contributed by atoms with Crippen LogP contribution >= 0.6 is 0 Å². The number of benzene rings is 1. The van der Waals surface area contributed by atoms with Crippen LogP contribution in [0.5, 0.6) is 0 Å². The molecule has 0 radical (unpaired) electrons. The third kappa shape index (κ3) is 6.02. The zero-order valence-corrected chi connectivity index (χ0v) is 13.0. The maximum atomic E-state index is 10.9. The molecule has 0 atom stereocenters. The molecule has 2 nitrogen and oxygen atoms in total. The summed E-state index contributed by atoms with van der Waals surface area (Å²) in [6.07, 6.45) is 1.64. The van der Waals surface area contributed by atoms with Crippen LogP contribution in [0.4, 0.5) is 0 Å². The van der Waals surface area contributed by atoms with Crippen molar-refractivity contribution in [1.82, 2.24) is 4.90 Å². The van der Waals surface area contributed by atoms with Gasteiger partial charge in [-0.3, -0.25) is 0 Å². The van der Waals surface area contributed by atoms with E-state index in [0.29, 0.717) is 6.42 Å². The van der Waals surface area contributed by atoms with E-state index in [2.05, 4.69) is 57.0 Å². The van der Waals surface area contributed by atoms with Gasteiger partial charge in [0.15, 0.2) is 0 Å². The molecule has 0 aliphatic rings. The summed E-state index contributed by atoms with van der Waals surface area (Å²) in [6, 6.07) is 8.86. The van der Waals surface area contributed by atoms with Gasteiger partial charge in [-0.25, -0.2) is 0 Å². The third-order valence-corrected chi connectivity index (χ3v) is 3.34. The second-order valence-corrected chi connectivity index (χ2v) is 6.49. The fourth-order valence-electron chi connectivity index (χ4n) is 2.10. The summed E-state index contributed by atoms with van der Waals surface area (Å²) in [4.78, 5) is 13.2. The first-order chi connectivity index (χ1) is 8.79. The highest BCUT2D eigenvalue weighted by atomic mass is 16.1. The highest BCUT2D eigenvalue weighted by Crippen LogP contribution is 2.22. The summed E-state index contributed by atoms with van der Waals surface area (Å²) < 4.78 is 0. The van der Waals surface area contributed by atoms with Gasteiger partial charge < -0.3 is 9.69 Å². The van der Waals surface area contributed by atoms with E-state index in [4.69, 9.17) is 0 Å². The summed E-state index contributed by atoms with van der Waals surface area (Å²) in [5.74, 6) is 0.280. The zero-order chi connectivity index (χ0) is 14.5. The van der Waals surface area contributed by atoms with Gasteiger partial charge in [0.2, 0.25) is 0 Å². The fourth-order valence-corrected chi connectivity index (χ4v) is 2.10. The van der Waals surface area contributed by atoms with E-state index in [1.807, 2.05) is 0 Å². The molecule has 0 saturated heterocycles. The van der Waals surface area contributed by atoms with Crippen LogP contribution in [0.25, 0.3) is 0 Å². The Morgan fingerprint density at radius 2 is 1.74 bits per heavy atom. The van der Waals surface area contributed by atoms with Gasteiger partial charge in [-0.1, -0.05) is 45.0 Å². The monoisotopic (exact) mass is 261 g/mol. The highest BCUT2D eigenvalue weighted by molar-refractivity contribution is 5.75. The molecule has 0 bridgehead atoms. The summed E-state index contributed by atoms with van der Waals surface area (Å²) in [6.45, 7) is 10.3. The Morgan fingerprint density at radius 1 is 1.16 bits per heavy atom. The SMILES string of the molecule is CC(=O)CCCN(C)Cc1ccc(C(C)(C)C)cc1. The van der Waals surface area contributed by atoms with Crippen LogP contribution in [-0.4, -0.2) is 24.3 Å². The molecule has 0 unspecified atom stereocenters. The summed E-state index contributed by atoms with van der Waals surface area (Å²) in [7, 11) is 2.11. The lowest BCUT2D eigenvalue weighted by molar-refractivity contribution is -0.117. The number of ketones is 1. The predicted molar refractivity (Wildman–Crippen MR) is 81.4 cm³/mol. The number of Topliss-reactive ketones (excluding diaryl/α,β-unsaturated/α-hetero) is 1. The quantitative estimate of drug-likeness (QED) is 0.776. The standard InChI is InChI=1S/C17H27NO/c1-14(19)7-6-12-18(5)13-15-8-10-16(11-9-15)17(2,3)4/h8-11H,6-7,12-13H2,1-5H3. The minimum absolute atomic E-state index is 0.214.